The molecule has 0 saturated heterocycles. The Morgan fingerprint density at radius 3 is 1.62 bits per heavy atom. The minimum absolute atomic E-state index is 0.132. The first-order valence-electron chi connectivity index (χ1n) is 24.3. The van der Waals surface area contributed by atoms with Crippen LogP contribution in [-0.4, -0.2) is 0 Å². The molecule has 66 heavy (non-hydrogen) atoms. The van der Waals surface area contributed by atoms with E-state index in [1.807, 2.05) is 0 Å². The summed E-state index contributed by atoms with van der Waals surface area (Å²) in [6.07, 6.45) is 7.02. The first kappa shape index (κ1) is 36.9. The lowest BCUT2D eigenvalue weighted by atomic mass is 9.43. The smallest absolute Gasteiger partial charge is 0.0540 e. The predicted molar refractivity (Wildman–Crippen MR) is 278 cm³/mol. The highest BCUT2D eigenvalue weighted by molar-refractivity contribution is 6.28. The van der Waals surface area contributed by atoms with Gasteiger partial charge in [0.05, 0.1) is 17.1 Å². The normalized spacial score (nSPS) is 21.4. The third-order valence-corrected chi connectivity index (χ3v) is 16.9. The van der Waals surface area contributed by atoms with Crippen LogP contribution in [0.3, 0.4) is 0 Å². The third kappa shape index (κ3) is 5.08. The molecule has 0 radical (unpaired) electrons. The maximum atomic E-state index is 2.59. The van der Waals surface area contributed by atoms with Crippen molar-refractivity contribution in [1.29, 1.82) is 0 Å². The highest BCUT2D eigenvalue weighted by Gasteiger charge is 2.61. The molecule has 4 bridgehead atoms. The molecule has 0 N–H and O–H groups in total. The van der Waals surface area contributed by atoms with Gasteiger partial charge >= 0.3 is 0 Å². The summed E-state index contributed by atoms with van der Waals surface area (Å²) in [6, 6.07) is 78.2. The fourth-order valence-electron chi connectivity index (χ4n) is 14.6. The van der Waals surface area contributed by atoms with E-state index in [9.17, 15) is 0 Å². The fourth-order valence-corrected chi connectivity index (χ4v) is 14.6. The molecule has 0 atom stereocenters. The molecule has 0 aromatic heterocycles. The second-order valence-corrected chi connectivity index (χ2v) is 20.1. The van der Waals surface area contributed by atoms with Crippen molar-refractivity contribution in [3.8, 4) is 11.1 Å². The lowest BCUT2D eigenvalue weighted by Gasteiger charge is -2.61. The van der Waals surface area contributed by atoms with Crippen LogP contribution in [-0.2, 0) is 5.41 Å². The summed E-state index contributed by atoms with van der Waals surface area (Å²) >= 11 is 0. The first-order valence-corrected chi connectivity index (χ1v) is 24.3. The number of hydrogen-bond donors (Lipinski definition) is 0. The number of anilines is 6. The number of nitrogens with zero attached hydrogens (tertiary/aromatic N) is 2. The van der Waals surface area contributed by atoms with Crippen LogP contribution in [0.5, 0.6) is 0 Å². The summed E-state index contributed by atoms with van der Waals surface area (Å²) in [5.74, 6) is 3.30. The molecule has 1 spiro atoms. The molecule has 2 heteroatoms. The van der Waals surface area contributed by atoms with Crippen LogP contribution in [0.15, 0.2) is 206 Å². The Morgan fingerprint density at radius 2 is 0.864 bits per heavy atom. The van der Waals surface area contributed by atoms with Crippen LogP contribution >= 0.6 is 0 Å². The summed E-state index contributed by atoms with van der Waals surface area (Å²) in [7, 11) is 0. The molecule has 0 amide bonds. The van der Waals surface area contributed by atoms with Crippen molar-refractivity contribution < 1.29 is 0 Å². The van der Waals surface area contributed by atoms with E-state index in [1.165, 1.54) is 120 Å². The Hall–Kier alpha value is -7.42. The lowest BCUT2D eigenvalue weighted by molar-refractivity contribution is -0.0399. The molecule has 4 saturated carbocycles. The number of rotatable bonds is 6. The molecule has 0 heterocycles. The summed E-state index contributed by atoms with van der Waals surface area (Å²) < 4.78 is 0. The van der Waals surface area contributed by atoms with E-state index in [1.54, 1.807) is 11.1 Å². The second-order valence-electron chi connectivity index (χ2n) is 20.1. The Labute approximate surface area is 385 Å². The standard InChI is InChI=1S/C64H48N2/c1-2-15-49(16-3-1)65(50-26-21-42-11-4-5-13-46(42)38-50)60-31-24-44-23-29-55-61(32-25-45-22-28-54(60)62(44)63(45)55)66(59-20-10-14-43-12-6-7-17-52(43)59)51-27-30-58-56(39-51)53-18-8-9-19-57(53)64(58)47-34-40-33-41(36-47)37-48(64)35-40/h1-32,38-41,47-48H,33-37H2. The van der Waals surface area contributed by atoms with Crippen molar-refractivity contribution in [3.05, 3.63) is 217 Å². The molecule has 0 unspecified atom stereocenters. The van der Waals surface area contributed by atoms with Gasteiger partial charge in [-0.15, -0.1) is 0 Å². The summed E-state index contributed by atoms with van der Waals surface area (Å²) in [5.41, 5.74) is 13.3. The minimum atomic E-state index is 0.132. The van der Waals surface area contributed by atoms with Gasteiger partial charge in [-0.1, -0.05) is 152 Å². The van der Waals surface area contributed by atoms with Gasteiger partial charge < -0.3 is 9.80 Å². The summed E-state index contributed by atoms with van der Waals surface area (Å²) in [6.45, 7) is 0. The van der Waals surface area contributed by atoms with Gasteiger partial charge in [-0.25, -0.2) is 0 Å². The van der Waals surface area contributed by atoms with E-state index in [4.69, 9.17) is 0 Å². The maximum absolute atomic E-state index is 2.59. The molecular weight excluding hydrogens is 797 g/mol. The van der Waals surface area contributed by atoms with Crippen LogP contribution in [0.2, 0.25) is 0 Å². The quantitative estimate of drug-likeness (QED) is 0.154. The van der Waals surface area contributed by atoms with Gasteiger partial charge in [0.25, 0.3) is 0 Å². The van der Waals surface area contributed by atoms with Gasteiger partial charge in [0.15, 0.2) is 0 Å². The molecule has 5 aliphatic carbocycles. The average molecular weight is 845 g/mol. The van der Waals surface area contributed by atoms with E-state index in [0.29, 0.717) is 0 Å². The van der Waals surface area contributed by atoms with Crippen molar-refractivity contribution in [2.75, 3.05) is 9.80 Å². The molecule has 5 aliphatic rings. The zero-order valence-electron chi connectivity index (χ0n) is 36.9. The number of para-hydroxylation sites is 1. The maximum Gasteiger partial charge on any atom is 0.0540 e. The molecule has 11 aromatic rings. The minimum Gasteiger partial charge on any atom is -0.310 e. The first-order chi connectivity index (χ1) is 32.7. The fraction of sp³-hybridized carbons (Fsp3) is 0.156. The molecule has 0 aliphatic heterocycles. The highest BCUT2D eigenvalue weighted by Crippen LogP contribution is 2.69. The SMILES string of the molecule is c1ccc(N(c2ccc3ccccc3c2)c2ccc3ccc4c(N(c5ccc6c(c5)-c5ccccc5C65C6CC7CC(C6)CC5C7)c5cccc6ccccc56)ccc5ccc2c3c54)cc1. The van der Waals surface area contributed by atoms with E-state index in [0.717, 1.165) is 35.0 Å². The average Bonchev–Trinajstić information content (AvgIpc) is 3.66. The van der Waals surface area contributed by atoms with Gasteiger partial charge in [0.2, 0.25) is 0 Å². The topological polar surface area (TPSA) is 6.48 Å². The van der Waals surface area contributed by atoms with Crippen LogP contribution < -0.4 is 9.80 Å². The van der Waals surface area contributed by atoms with Gasteiger partial charge in [0.1, 0.15) is 0 Å². The summed E-state index contributed by atoms with van der Waals surface area (Å²) in [5, 5.41) is 12.6. The Morgan fingerprint density at radius 1 is 0.318 bits per heavy atom. The Kier molecular flexibility index (Phi) is 7.71. The van der Waals surface area contributed by atoms with E-state index >= 15 is 0 Å². The van der Waals surface area contributed by atoms with Crippen LogP contribution in [0, 0.1) is 23.7 Å². The number of fused-ring (bicyclic) bond motifs is 5. The van der Waals surface area contributed by atoms with E-state index < -0.39 is 0 Å². The molecule has 4 fully saturated rings. The second kappa shape index (κ2) is 13.8. The van der Waals surface area contributed by atoms with Crippen LogP contribution in [0.1, 0.15) is 43.2 Å². The molecule has 11 aromatic carbocycles. The monoisotopic (exact) mass is 844 g/mol. The summed E-state index contributed by atoms with van der Waals surface area (Å²) in [4.78, 5) is 5.03. The highest BCUT2D eigenvalue weighted by atomic mass is 15.2. The van der Waals surface area contributed by atoms with Crippen molar-refractivity contribution >= 4 is 88.0 Å². The van der Waals surface area contributed by atoms with Crippen molar-refractivity contribution in [2.24, 2.45) is 23.7 Å². The Bertz CT molecular complexity index is 3720. The van der Waals surface area contributed by atoms with Gasteiger partial charge in [-0.3, -0.25) is 0 Å². The van der Waals surface area contributed by atoms with Gasteiger partial charge in [-0.05, 0) is 170 Å². The zero-order valence-corrected chi connectivity index (χ0v) is 36.9. The largest absolute Gasteiger partial charge is 0.310 e. The Balaban J connectivity index is 0.964. The molecular formula is C64H48N2. The van der Waals surface area contributed by atoms with Crippen molar-refractivity contribution in [1.82, 2.24) is 0 Å². The molecule has 2 nitrogen and oxygen atoms in total. The predicted octanol–water partition coefficient (Wildman–Crippen LogP) is 17.6. The lowest BCUT2D eigenvalue weighted by Crippen LogP contribution is -2.55. The third-order valence-electron chi connectivity index (χ3n) is 16.9. The van der Waals surface area contributed by atoms with Gasteiger partial charge in [0, 0.05) is 38.6 Å². The van der Waals surface area contributed by atoms with E-state index in [-0.39, 0.29) is 5.41 Å². The number of benzene rings is 11. The molecule has 16 rings (SSSR count). The van der Waals surface area contributed by atoms with Crippen LogP contribution in [0.25, 0.3) is 65.0 Å². The zero-order chi connectivity index (χ0) is 43.1. The van der Waals surface area contributed by atoms with Crippen molar-refractivity contribution in [2.45, 2.75) is 37.5 Å². The number of hydrogen-bond acceptors (Lipinski definition) is 2. The van der Waals surface area contributed by atoms with E-state index in [2.05, 4.69) is 216 Å². The van der Waals surface area contributed by atoms with Gasteiger partial charge in [-0.2, -0.15) is 0 Å². The molecule has 314 valence electrons. The van der Waals surface area contributed by atoms with Crippen LogP contribution in [0.4, 0.5) is 34.1 Å². The van der Waals surface area contributed by atoms with Crippen molar-refractivity contribution in [3.63, 3.8) is 0 Å².